The molecule has 1 fully saturated rings. The second-order valence-electron chi connectivity index (χ2n) is 5.32. The number of rotatable bonds is 6. The molecular weight excluding hydrogens is 278 g/mol. The average Bonchev–Trinajstić information content (AvgIpc) is 3.22. The Bertz CT molecular complexity index is 585. The van der Waals surface area contributed by atoms with Gasteiger partial charge in [-0.1, -0.05) is 0 Å². The summed E-state index contributed by atoms with van der Waals surface area (Å²) in [6.45, 7) is 2.34. The van der Waals surface area contributed by atoms with Crippen molar-refractivity contribution >= 4 is 15.7 Å². The summed E-state index contributed by atoms with van der Waals surface area (Å²) in [7, 11) is -1.59. The van der Waals surface area contributed by atoms with E-state index in [1.807, 2.05) is 14.0 Å². The predicted octanol–water partition coefficient (Wildman–Crippen LogP) is 0.735. The van der Waals surface area contributed by atoms with Crippen molar-refractivity contribution in [1.82, 2.24) is 9.62 Å². The van der Waals surface area contributed by atoms with Gasteiger partial charge in [0.2, 0.25) is 10.0 Å². The van der Waals surface area contributed by atoms with Gasteiger partial charge in [0.15, 0.2) is 0 Å². The number of nitrogens with two attached hydrogens (primary N) is 1. The van der Waals surface area contributed by atoms with Crippen LogP contribution in [0, 0.1) is 0 Å². The number of nitrogens with zero attached hydrogens (tertiary/aromatic N) is 1. The lowest BCUT2D eigenvalue weighted by atomic mass is 10.3. The Morgan fingerprint density at radius 1 is 1.50 bits per heavy atom. The van der Waals surface area contributed by atoms with Gasteiger partial charge in [0.05, 0.1) is 10.6 Å². The summed E-state index contributed by atoms with van der Waals surface area (Å²) >= 11 is 0. The molecule has 1 atom stereocenters. The Morgan fingerprint density at radius 2 is 2.15 bits per heavy atom. The van der Waals surface area contributed by atoms with Gasteiger partial charge < -0.3 is 10.8 Å². The van der Waals surface area contributed by atoms with Gasteiger partial charge in [0.1, 0.15) is 5.75 Å². The first-order valence-electron chi connectivity index (χ1n) is 6.61. The molecule has 1 aromatic rings. The molecule has 112 valence electrons. The van der Waals surface area contributed by atoms with E-state index in [1.54, 1.807) is 0 Å². The van der Waals surface area contributed by atoms with E-state index in [9.17, 15) is 13.5 Å². The Balaban J connectivity index is 2.01. The van der Waals surface area contributed by atoms with Gasteiger partial charge in [0, 0.05) is 18.6 Å². The topological polar surface area (TPSA) is 95.7 Å². The molecule has 0 saturated heterocycles. The molecule has 6 nitrogen and oxygen atoms in total. The highest BCUT2D eigenvalue weighted by atomic mass is 32.2. The highest BCUT2D eigenvalue weighted by Gasteiger charge is 2.29. The standard InChI is InChI=1S/C13H21N3O3S/c1-9(16(2)10-3-4-10)8-15-20(18,19)11-5-6-13(17)12(14)7-11/h5-7,9-10,15,17H,3-4,8,14H2,1-2H3. The van der Waals surface area contributed by atoms with Crippen LogP contribution in [0.2, 0.25) is 0 Å². The van der Waals surface area contributed by atoms with Crippen LogP contribution in [-0.2, 0) is 10.0 Å². The van der Waals surface area contributed by atoms with Crippen LogP contribution in [0.1, 0.15) is 19.8 Å². The van der Waals surface area contributed by atoms with Gasteiger partial charge in [0.25, 0.3) is 0 Å². The summed E-state index contributed by atoms with van der Waals surface area (Å²) in [6.07, 6.45) is 2.37. The number of hydrogen-bond acceptors (Lipinski definition) is 5. The maximum Gasteiger partial charge on any atom is 0.240 e. The third kappa shape index (κ3) is 3.41. The van der Waals surface area contributed by atoms with Crippen LogP contribution in [0.5, 0.6) is 5.75 Å². The van der Waals surface area contributed by atoms with E-state index >= 15 is 0 Å². The van der Waals surface area contributed by atoms with E-state index in [0.717, 1.165) is 0 Å². The fraction of sp³-hybridized carbons (Fsp3) is 0.538. The van der Waals surface area contributed by atoms with Gasteiger partial charge in [-0.2, -0.15) is 0 Å². The van der Waals surface area contributed by atoms with Crippen molar-refractivity contribution in [2.24, 2.45) is 0 Å². The van der Waals surface area contributed by atoms with Crippen molar-refractivity contribution in [3.05, 3.63) is 18.2 Å². The maximum atomic E-state index is 12.1. The number of anilines is 1. The third-order valence-electron chi connectivity index (χ3n) is 3.70. The van der Waals surface area contributed by atoms with E-state index in [4.69, 9.17) is 5.73 Å². The third-order valence-corrected chi connectivity index (χ3v) is 5.12. The number of phenolic OH excluding ortho intramolecular Hbond substituents is 1. The van der Waals surface area contributed by atoms with E-state index in [1.165, 1.54) is 31.0 Å². The molecule has 1 aromatic carbocycles. The molecule has 1 aliphatic rings. The maximum absolute atomic E-state index is 12.1. The molecule has 0 spiro atoms. The lowest BCUT2D eigenvalue weighted by Crippen LogP contribution is -2.41. The summed E-state index contributed by atoms with van der Waals surface area (Å²) in [5, 5.41) is 9.32. The van der Waals surface area contributed by atoms with Crippen molar-refractivity contribution < 1.29 is 13.5 Å². The lowest BCUT2D eigenvalue weighted by Gasteiger charge is -2.24. The highest BCUT2D eigenvalue weighted by Crippen LogP contribution is 2.27. The second kappa shape index (κ2) is 5.59. The summed E-state index contributed by atoms with van der Waals surface area (Å²) in [4.78, 5) is 2.25. The summed E-state index contributed by atoms with van der Waals surface area (Å²) in [5.74, 6) is -0.120. The van der Waals surface area contributed by atoms with Crippen molar-refractivity contribution in [3.8, 4) is 5.75 Å². The van der Waals surface area contributed by atoms with Gasteiger partial charge >= 0.3 is 0 Å². The summed E-state index contributed by atoms with van der Waals surface area (Å²) in [5.41, 5.74) is 5.57. The lowest BCUT2D eigenvalue weighted by molar-refractivity contribution is 0.248. The Morgan fingerprint density at radius 3 is 2.70 bits per heavy atom. The molecule has 0 radical (unpaired) electrons. The van der Waals surface area contributed by atoms with Crippen LogP contribution >= 0.6 is 0 Å². The Hall–Kier alpha value is -1.31. The first-order chi connectivity index (χ1) is 9.31. The highest BCUT2D eigenvalue weighted by molar-refractivity contribution is 7.89. The first-order valence-corrected chi connectivity index (χ1v) is 8.09. The van der Waals surface area contributed by atoms with Crippen molar-refractivity contribution in [2.75, 3.05) is 19.3 Å². The Labute approximate surface area is 119 Å². The quantitative estimate of drug-likeness (QED) is 0.532. The van der Waals surface area contributed by atoms with Crippen LogP contribution in [0.4, 0.5) is 5.69 Å². The predicted molar refractivity (Wildman–Crippen MR) is 78.0 cm³/mol. The van der Waals surface area contributed by atoms with Crippen molar-refractivity contribution in [2.45, 2.75) is 36.7 Å². The van der Waals surface area contributed by atoms with Crippen LogP contribution in [0.25, 0.3) is 0 Å². The van der Waals surface area contributed by atoms with E-state index < -0.39 is 10.0 Å². The van der Waals surface area contributed by atoms with Gasteiger partial charge in [-0.15, -0.1) is 0 Å². The molecule has 7 heteroatoms. The van der Waals surface area contributed by atoms with Crippen molar-refractivity contribution in [3.63, 3.8) is 0 Å². The second-order valence-corrected chi connectivity index (χ2v) is 7.09. The molecular formula is C13H21N3O3S. The van der Waals surface area contributed by atoms with Crippen LogP contribution in [0.15, 0.2) is 23.1 Å². The van der Waals surface area contributed by atoms with E-state index in [-0.39, 0.29) is 22.4 Å². The molecule has 1 saturated carbocycles. The minimum atomic E-state index is -3.60. The monoisotopic (exact) mass is 299 g/mol. The first kappa shape index (κ1) is 15.1. The minimum absolute atomic E-state index is 0.0519. The van der Waals surface area contributed by atoms with Crippen LogP contribution in [0.3, 0.4) is 0 Å². The molecule has 4 N–H and O–H groups in total. The molecule has 2 rings (SSSR count). The zero-order chi connectivity index (χ0) is 14.9. The molecule has 0 bridgehead atoms. The zero-order valence-corrected chi connectivity index (χ0v) is 12.5. The fourth-order valence-electron chi connectivity index (χ4n) is 2.00. The number of sulfonamides is 1. The van der Waals surface area contributed by atoms with Crippen molar-refractivity contribution in [1.29, 1.82) is 0 Å². The molecule has 0 amide bonds. The summed E-state index contributed by atoms with van der Waals surface area (Å²) in [6, 6.07) is 4.59. The van der Waals surface area contributed by atoms with Crippen LogP contribution < -0.4 is 10.5 Å². The van der Waals surface area contributed by atoms with Gasteiger partial charge in [-0.3, -0.25) is 4.90 Å². The van der Waals surface area contributed by atoms with E-state index in [2.05, 4.69) is 9.62 Å². The zero-order valence-electron chi connectivity index (χ0n) is 11.7. The number of likely N-dealkylation sites (N-methyl/N-ethyl adjacent to an activating group) is 1. The molecule has 0 heterocycles. The number of aromatic hydroxyl groups is 1. The molecule has 0 aromatic heterocycles. The largest absolute Gasteiger partial charge is 0.506 e. The minimum Gasteiger partial charge on any atom is -0.506 e. The molecule has 0 aliphatic heterocycles. The molecule has 1 aliphatic carbocycles. The smallest absolute Gasteiger partial charge is 0.240 e. The average molecular weight is 299 g/mol. The Kier molecular flexibility index (Phi) is 4.22. The molecule has 20 heavy (non-hydrogen) atoms. The van der Waals surface area contributed by atoms with Crippen LogP contribution in [-0.4, -0.2) is 44.1 Å². The number of hydrogen-bond donors (Lipinski definition) is 3. The number of nitrogen functional groups attached to an aromatic ring is 1. The van der Waals surface area contributed by atoms with Gasteiger partial charge in [-0.05, 0) is 45.0 Å². The number of phenols is 1. The number of benzene rings is 1. The number of nitrogens with one attached hydrogen (secondary N) is 1. The fourth-order valence-corrected chi connectivity index (χ4v) is 3.16. The van der Waals surface area contributed by atoms with Gasteiger partial charge in [-0.25, -0.2) is 13.1 Å². The van der Waals surface area contributed by atoms with E-state index in [0.29, 0.717) is 12.6 Å². The summed E-state index contributed by atoms with van der Waals surface area (Å²) < 4.78 is 26.9. The normalized spacial score (nSPS) is 17.4. The SMILES string of the molecule is CC(CNS(=O)(=O)c1ccc(O)c(N)c1)N(C)C1CC1. The molecule has 1 unspecified atom stereocenters.